The summed E-state index contributed by atoms with van der Waals surface area (Å²) in [6, 6.07) is 11.2. The Labute approximate surface area is 131 Å². The molecule has 0 amide bonds. The number of hydrogen-bond donors (Lipinski definition) is 1. The van der Waals surface area contributed by atoms with E-state index in [1.165, 1.54) is 0 Å². The Morgan fingerprint density at radius 1 is 1.18 bits per heavy atom. The van der Waals surface area contributed by atoms with Crippen LogP contribution in [0.1, 0.15) is 32.8 Å². The van der Waals surface area contributed by atoms with Crippen molar-refractivity contribution in [3.05, 3.63) is 52.3 Å². The van der Waals surface area contributed by atoms with E-state index in [-0.39, 0.29) is 5.56 Å². The number of methoxy groups -OCH3 is 1. The summed E-state index contributed by atoms with van der Waals surface area (Å²) in [5, 5.41) is 10.2. The molecule has 2 aromatic rings. The second-order valence-electron chi connectivity index (χ2n) is 5.85. The summed E-state index contributed by atoms with van der Waals surface area (Å²) >= 11 is 0. The first-order valence-electron chi connectivity index (χ1n) is 7.50. The topological polar surface area (TPSA) is 51.5 Å². The van der Waals surface area contributed by atoms with Gasteiger partial charge in [-0.2, -0.15) is 0 Å². The van der Waals surface area contributed by atoms with E-state index >= 15 is 0 Å². The monoisotopic (exact) mass is 301 g/mol. The summed E-state index contributed by atoms with van der Waals surface area (Å²) in [5.41, 5.74) is 0.763. The van der Waals surface area contributed by atoms with Crippen molar-refractivity contribution < 1.29 is 9.84 Å². The van der Waals surface area contributed by atoms with Gasteiger partial charge in [0.05, 0.1) is 18.4 Å². The molecule has 0 fully saturated rings. The largest absolute Gasteiger partial charge is 0.496 e. The maximum absolute atomic E-state index is 12.8. The third-order valence-electron chi connectivity index (χ3n) is 3.66. The minimum Gasteiger partial charge on any atom is -0.496 e. The first-order chi connectivity index (χ1) is 10.4. The summed E-state index contributed by atoms with van der Waals surface area (Å²) in [5.74, 6) is 0.725. The molecule has 0 saturated carbocycles. The third kappa shape index (κ3) is 3.07. The molecule has 1 heterocycles. The van der Waals surface area contributed by atoms with Gasteiger partial charge in [-0.3, -0.25) is 4.79 Å². The average Bonchev–Trinajstić information content (AvgIpc) is 2.48. The Bertz CT molecular complexity index is 711. The lowest BCUT2D eigenvalue weighted by Crippen LogP contribution is -2.32. The predicted octanol–water partition coefficient (Wildman–Crippen LogP) is 3.16. The first kappa shape index (κ1) is 16.3. The van der Waals surface area contributed by atoms with E-state index in [0.29, 0.717) is 12.1 Å². The maximum Gasteiger partial charge on any atom is 0.257 e. The normalized spacial score (nSPS) is 11.5. The van der Waals surface area contributed by atoms with E-state index in [1.54, 1.807) is 31.6 Å². The summed E-state index contributed by atoms with van der Waals surface area (Å²) in [6.07, 6.45) is 0.831. The highest BCUT2D eigenvalue weighted by Gasteiger charge is 2.23. The Hall–Kier alpha value is -2.07. The van der Waals surface area contributed by atoms with Crippen LogP contribution in [-0.2, 0) is 12.1 Å². The smallest absolute Gasteiger partial charge is 0.257 e. The van der Waals surface area contributed by atoms with E-state index in [4.69, 9.17) is 4.74 Å². The molecular formula is C18H23NO3. The zero-order valence-electron chi connectivity index (χ0n) is 13.6. The fourth-order valence-corrected chi connectivity index (χ4v) is 2.58. The van der Waals surface area contributed by atoms with Crippen molar-refractivity contribution in [3.8, 4) is 17.0 Å². The molecule has 0 aliphatic carbocycles. The molecule has 0 atom stereocenters. The molecule has 0 aliphatic rings. The number of para-hydroxylation sites is 1. The van der Waals surface area contributed by atoms with Gasteiger partial charge in [-0.15, -0.1) is 0 Å². The van der Waals surface area contributed by atoms with Crippen LogP contribution in [0.4, 0.5) is 0 Å². The van der Waals surface area contributed by atoms with Gasteiger partial charge in [0, 0.05) is 17.7 Å². The minimum atomic E-state index is -1.16. The summed E-state index contributed by atoms with van der Waals surface area (Å²) in [6.45, 7) is 5.87. The Kier molecular flexibility index (Phi) is 4.71. The van der Waals surface area contributed by atoms with Crippen LogP contribution < -0.4 is 10.3 Å². The molecule has 0 bridgehead atoms. The number of rotatable bonds is 5. The highest BCUT2D eigenvalue weighted by molar-refractivity contribution is 5.67. The molecule has 0 aliphatic heterocycles. The Morgan fingerprint density at radius 2 is 1.86 bits per heavy atom. The molecule has 0 spiro atoms. The molecule has 0 saturated heterocycles. The number of aliphatic hydroxyl groups is 1. The van der Waals surface area contributed by atoms with Crippen molar-refractivity contribution in [2.75, 3.05) is 7.11 Å². The van der Waals surface area contributed by atoms with Gasteiger partial charge in [0.2, 0.25) is 0 Å². The maximum atomic E-state index is 12.8. The van der Waals surface area contributed by atoms with Crippen LogP contribution in [0.5, 0.6) is 5.75 Å². The summed E-state index contributed by atoms with van der Waals surface area (Å²) in [4.78, 5) is 12.8. The molecular weight excluding hydrogens is 278 g/mol. The molecule has 118 valence electrons. The van der Waals surface area contributed by atoms with Gasteiger partial charge in [0.25, 0.3) is 5.56 Å². The van der Waals surface area contributed by atoms with Gasteiger partial charge < -0.3 is 14.4 Å². The van der Waals surface area contributed by atoms with Crippen LogP contribution in [-0.4, -0.2) is 16.8 Å². The van der Waals surface area contributed by atoms with Crippen LogP contribution in [0.25, 0.3) is 11.3 Å². The lowest BCUT2D eigenvalue weighted by atomic mass is 9.98. The lowest BCUT2D eigenvalue weighted by molar-refractivity contribution is 0.0765. The van der Waals surface area contributed by atoms with Gasteiger partial charge >= 0.3 is 0 Å². The van der Waals surface area contributed by atoms with Gasteiger partial charge in [-0.05, 0) is 44.5 Å². The van der Waals surface area contributed by atoms with Crippen molar-refractivity contribution in [1.29, 1.82) is 0 Å². The van der Waals surface area contributed by atoms with E-state index in [2.05, 4.69) is 0 Å². The van der Waals surface area contributed by atoms with Crippen molar-refractivity contribution in [2.45, 2.75) is 39.3 Å². The zero-order chi connectivity index (χ0) is 16.3. The van der Waals surface area contributed by atoms with Crippen LogP contribution in [0.15, 0.2) is 41.2 Å². The molecule has 1 N–H and O–H groups in total. The second kappa shape index (κ2) is 6.36. The Balaban J connectivity index is 2.72. The SMILES string of the molecule is CCCn1c(-c2ccccc2OC)ccc(C(C)(C)O)c1=O. The quantitative estimate of drug-likeness (QED) is 0.923. The van der Waals surface area contributed by atoms with Crippen molar-refractivity contribution in [2.24, 2.45) is 0 Å². The first-order valence-corrected chi connectivity index (χ1v) is 7.50. The molecule has 0 radical (unpaired) electrons. The standard InChI is InChI=1S/C18H23NO3/c1-5-12-19-15(13-8-6-7-9-16(13)22-4)11-10-14(17(19)20)18(2,3)21/h6-11,21H,5,12H2,1-4H3. The van der Waals surface area contributed by atoms with E-state index in [0.717, 1.165) is 23.4 Å². The van der Waals surface area contributed by atoms with Crippen LogP contribution in [0.2, 0.25) is 0 Å². The average molecular weight is 301 g/mol. The number of pyridine rings is 1. The molecule has 4 nitrogen and oxygen atoms in total. The Morgan fingerprint density at radius 3 is 2.45 bits per heavy atom. The van der Waals surface area contributed by atoms with Gasteiger partial charge in [-0.1, -0.05) is 19.1 Å². The summed E-state index contributed by atoms with van der Waals surface area (Å²) in [7, 11) is 1.62. The molecule has 22 heavy (non-hydrogen) atoms. The van der Waals surface area contributed by atoms with Gasteiger partial charge in [-0.25, -0.2) is 0 Å². The molecule has 1 aromatic heterocycles. The lowest BCUT2D eigenvalue weighted by Gasteiger charge is -2.21. The molecule has 0 unspecified atom stereocenters. The number of nitrogens with zero attached hydrogens (tertiary/aromatic N) is 1. The highest BCUT2D eigenvalue weighted by Crippen LogP contribution is 2.30. The predicted molar refractivity (Wildman–Crippen MR) is 88.2 cm³/mol. The third-order valence-corrected chi connectivity index (χ3v) is 3.66. The molecule has 1 aromatic carbocycles. The second-order valence-corrected chi connectivity index (χ2v) is 5.85. The number of benzene rings is 1. The zero-order valence-corrected chi connectivity index (χ0v) is 13.6. The summed E-state index contributed by atoms with van der Waals surface area (Å²) < 4.78 is 7.12. The van der Waals surface area contributed by atoms with Crippen LogP contribution >= 0.6 is 0 Å². The number of aromatic nitrogens is 1. The van der Waals surface area contributed by atoms with Crippen LogP contribution in [0, 0.1) is 0 Å². The molecule has 2 rings (SSSR count). The number of ether oxygens (including phenoxy) is 1. The van der Waals surface area contributed by atoms with E-state index in [1.807, 2.05) is 37.3 Å². The fourth-order valence-electron chi connectivity index (χ4n) is 2.58. The van der Waals surface area contributed by atoms with E-state index in [9.17, 15) is 9.90 Å². The van der Waals surface area contributed by atoms with Crippen LogP contribution in [0.3, 0.4) is 0 Å². The van der Waals surface area contributed by atoms with Crippen molar-refractivity contribution in [3.63, 3.8) is 0 Å². The number of hydrogen-bond acceptors (Lipinski definition) is 3. The van der Waals surface area contributed by atoms with Crippen molar-refractivity contribution in [1.82, 2.24) is 4.57 Å². The van der Waals surface area contributed by atoms with E-state index < -0.39 is 5.60 Å². The van der Waals surface area contributed by atoms with Gasteiger partial charge in [0.1, 0.15) is 5.75 Å². The molecule has 4 heteroatoms. The van der Waals surface area contributed by atoms with Crippen molar-refractivity contribution >= 4 is 0 Å². The van der Waals surface area contributed by atoms with Gasteiger partial charge in [0.15, 0.2) is 0 Å². The minimum absolute atomic E-state index is 0.155. The highest BCUT2D eigenvalue weighted by atomic mass is 16.5. The fraction of sp³-hybridized carbons (Fsp3) is 0.389.